The molecular formula is C11H23NO. The van der Waals surface area contributed by atoms with Crippen molar-refractivity contribution in [2.75, 3.05) is 13.2 Å². The standard InChI is InChI=1S/C11H23NO/c1-9(2)7-11-8-10(4-6-13)3-5-12-11/h9-13H,3-8H2,1-2H3. The lowest BCUT2D eigenvalue weighted by atomic mass is 9.86. The van der Waals surface area contributed by atoms with Gasteiger partial charge in [-0.05, 0) is 44.1 Å². The highest BCUT2D eigenvalue weighted by Crippen LogP contribution is 2.22. The van der Waals surface area contributed by atoms with Crippen LogP contribution in [-0.2, 0) is 0 Å². The quantitative estimate of drug-likeness (QED) is 0.700. The molecule has 1 heterocycles. The molecule has 13 heavy (non-hydrogen) atoms. The summed E-state index contributed by atoms with van der Waals surface area (Å²) in [5, 5.41) is 12.4. The lowest BCUT2D eigenvalue weighted by Crippen LogP contribution is -2.39. The summed E-state index contributed by atoms with van der Waals surface area (Å²) in [5.41, 5.74) is 0. The number of hydrogen-bond donors (Lipinski definition) is 2. The first-order chi connectivity index (χ1) is 6.22. The Morgan fingerprint density at radius 1 is 1.46 bits per heavy atom. The molecule has 0 amide bonds. The van der Waals surface area contributed by atoms with Crippen molar-refractivity contribution in [3.8, 4) is 0 Å². The van der Waals surface area contributed by atoms with E-state index in [4.69, 9.17) is 5.11 Å². The van der Waals surface area contributed by atoms with Gasteiger partial charge in [-0.2, -0.15) is 0 Å². The second-order valence-electron chi connectivity index (χ2n) is 4.68. The normalized spacial score (nSPS) is 29.5. The van der Waals surface area contributed by atoms with E-state index in [0.717, 1.165) is 24.8 Å². The minimum absolute atomic E-state index is 0.360. The van der Waals surface area contributed by atoms with Gasteiger partial charge in [0, 0.05) is 12.6 Å². The van der Waals surface area contributed by atoms with Crippen molar-refractivity contribution in [3.63, 3.8) is 0 Å². The van der Waals surface area contributed by atoms with Crippen LogP contribution in [0.2, 0.25) is 0 Å². The monoisotopic (exact) mass is 185 g/mol. The lowest BCUT2D eigenvalue weighted by Gasteiger charge is -2.31. The van der Waals surface area contributed by atoms with Gasteiger partial charge in [-0.3, -0.25) is 0 Å². The molecule has 0 spiro atoms. The van der Waals surface area contributed by atoms with Crippen molar-refractivity contribution >= 4 is 0 Å². The maximum Gasteiger partial charge on any atom is 0.0433 e. The van der Waals surface area contributed by atoms with Gasteiger partial charge in [-0.25, -0.2) is 0 Å². The third kappa shape index (κ3) is 4.10. The van der Waals surface area contributed by atoms with Crippen molar-refractivity contribution in [3.05, 3.63) is 0 Å². The van der Waals surface area contributed by atoms with E-state index in [0.29, 0.717) is 12.6 Å². The highest BCUT2D eigenvalue weighted by molar-refractivity contribution is 4.78. The molecular weight excluding hydrogens is 162 g/mol. The number of aliphatic hydroxyl groups is 1. The summed E-state index contributed by atoms with van der Waals surface area (Å²) in [6, 6.07) is 0.699. The zero-order valence-corrected chi connectivity index (χ0v) is 8.92. The predicted octanol–water partition coefficient (Wildman–Crippen LogP) is 1.78. The maximum absolute atomic E-state index is 8.87. The Bertz CT molecular complexity index is 134. The van der Waals surface area contributed by atoms with Crippen LogP contribution >= 0.6 is 0 Å². The van der Waals surface area contributed by atoms with E-state index in [2.05, 4.69) is 19.2 Å². The summed E-state index contributed by atoms with van der Waals surface area (Å²) >= 11 is 0. The smallest absolute Gasteiger partial charge is 0.0433 e. The van der Waals surface area contributed by atoms with Crippen molar-refractivity contribution < 1.29 is 5.11 Å². The molecule has 1 saturated heterocycles. The molecule has 0 saturated carbocycles. The van der Waals surface area contributed by atoms with Crippen LogP contribution in [0.3, 0.4) is 0 Å². The highest BCUT2D eigenvalue weighted by Gasteiger charge is 2.21. The average molecular weight is 185 g/mol. The van der Waals surface area contributed by atoms with Crippen molar-refractivity contribution in [1.29, 1.82) is 0 Å². The van der Waals surface area contributed by atoms with E-state index in [1.807, 2.05) is 0 Å². The van der Waals surface area contributed by atoms with E-state index in [1.54, 1.807) is 0 Å². The Balaban J connectivity index is 2.24. The fourth-order valence-electron chi connectivity index (χ4n) is 2.29. The number of piperidine rings is 1. The summed E-state index contributed by atoms with van der Waals surface area (Å²) < 4.78 is 0. The molecule has 2 atom stereocenters. The van der Waals surface area contributed by atoms with E-state index in [9.17, 15) is 0 Å². The molecule has 1 aliphatic rings. The van der Waals surface area contributed by atoms with Crippen LogP contribution in [0.1, 0.15) is 39.5 Å². The molecule has 0 aliphatic carbocycles. The molecule has 0 aromatic carbocycles. The van der Waals surface area contributed by atoms with Crippen molar-refractivity contribution in [1.82, 2.24) is 5.32 Å². The minimum atomic E-state index is 0.360. The Kier molecular flexibility index (Phi) is 4.74. The third-order valence-electron chi connectivity index (χ3n) is 2.90. The van der Waals surface area contributed by atoms with Crippen LogP contribution in [-0.4, -0.2) is 24.3 Å². The first-order valence-corrected chi connectivity index (χ1v) is 5.56. The Morgan fingerprint density at radius 2 is 2.23 bits per heavy atom. The van der Waals surface area contributed by atoms with Crippen LogP contribution in [0.15, 0.2) is 0 Å². The van der Waals surface area contributed by atoms with Gasteiger partial charge in [0.2, 0.25) is 0 Å². The molecule has 0 aromatic rings. The second-order valence-corrected chi connectivity index (χ2v) is 4.68. The Labute approximate surface area is 81.7 Å². The first-order valence-electron chi connectivity index (χ1n) is 5.56. The molecule has 1 aliphatic heterocycles. The van der Waals surface area contributed by atoms with Gasteiger partial charge in [0.1, 0.15) is 0 Å². The highest BCUT2D eigenvalue weighted by atomic mass is 16.3. The molecule has 1 fully saturated rings. The number of hydrogen-bond acceptors (Lipinski definition) is 2. The van der Waals surface area contributed by atoms with Gasteiger partial charge in [0.25, 0.3) is 0 Å². The minimum Gasteiger partial charge on any atom is -0.396 e. The lowest BCUT2D eigenvalue weighted by molar-refractivity contribution is 0.207. The van der Waals surface area contributed by atoms with Crippen LogP contribution in [0, 0.1) is 11.8 Å². The number of rotatable bonds is 4. The van der Waals surface area contributed by atoms with Gasteiger partial charge >= 0.3 is 0 Å². The van der Waals surface area contributed by atoms with Gasteiger partial charge in [-0.1, -0.05) is 13.8 Å². The van der Waals surface area contributed by atoms with Gasteiger partial charge in [0.15, 0.2) is 0 Å². The maximum atomic E-state index is 8.87. The molecule has 0 bridgehead atoms. The summed E-state index contributed by atoms with van der Waals surface area (Å²) in [5.74, 6) is 1.54. The summed E-state index contributed by atoms with van der Waals surface area (Å²) in [6.07, 6.45) is 4.78. The molecule has 2 heteroatoms. The zero-order valence-electron chi connectivity index (χ0n) is 8.92. The van der Waals surface area contributed by atoms with Crippen LogP contribution in [0.4, 0.5) is 0 Å². The molecule has 2 unspecified atom stereocenters. The Morgan fingerprint density at radius 3 is 2.85 bits per heavy atom. The van der Waals surface area contributed by atoms with Crippen LogP contribution in [0.5, 0.6) is 0 Å². The summed E-state index contributed by atoms with van der Waals surface area (Å²) in [4.78, 5) is 0. The summed E-state index contributed by atoms with van der Waals surface area (Å²) in [7, 11) is 0. The zero-order chi connectivity index (χ0) is 9.68. The van der Waals surface area contributed by atoms with Crippen molar-refractivity contribution in [2.24, 2.45) is 11.8 Å². The molecule has 1 rings (SSSR count). The van der Waals surface area contributed by atoms with Gasteiger partial charge in [-0.15, -0.1) is 0 Å². The van der Waals surface area contributed by atoms with E-state index < -0.39 is 0 Å². The fourth-order valence-corrected chi connectivity index (χ4v) is 2.29. The SMILES string of the molecule is CC(C)CC1CC(CCO)CCN1. The van der Waals surface area contributed by atoms with Crippen LogP contribution in [0.25, 0.3) is 0 Å². The first kappa shape index (κ1) is 11.0. The van der Waals surface area contributed by atoms with Gasteiger partial charge < -0.3 is 10.4 Å². The molecule has 2 N–H and O–H groups in total. The van der Waals surface area contributed by atoms with E-state index in [-0.39, 0.29) is 0 Å². The largest absolute Gasteiger partial charge is 0.396 e. The van der Waals surface area contributed by atoms with Crippen LogP contribution < -0.4 is 5.32 Å². The molecule has 0 aromatic heterocycles. The number of aliphatic hydroxyl groups excluding tert-OH is 1. The second kappa shape index (κ2) is 5.61. The fraction of sp³-hybridized carbons (Fsp3) is 1.00. The predicted molar refractivity (Wildman–Crippen MR) is 55.7 cm³/mol. The Hall–Kier alpha value is -0.0800. The molecule has 2 nitrogen and oxygen atoms in total. The van der Waals surface area contributed by atoms with Gasteiger partial charge in [0.05, 0.1) is 0 Å². The van der Waals surface area contributed by atoms with Crippen molar-refractivity contribution in [2.45, 2.75) is 45.6 Å². The molecule has 78 valence electrons. The summed E-state index contributed by atoms with van der Waals surface area (Å²) in [6.45, 7) is 6.05. The average Bonchev–Trinajstić information content (AvgIpc) is 2.04. The molecule has 0 radical (unpaired) electrons. The number of nitrogens with one attached hydrogen (secondary N) is 1. The third-order valence-corrected chi connectivity index (χ3v) is 2.90. The topological polar surface area (TPSA) is 32.3 Å². The van der Waals surface area contributed by atoms with E-state index >= 15 is 0 Å². The van der Waals surface area contributed by atoms with E-state index in [1.165, 1.54) is 19.3 Å².